The molecule has 2 rings (SSSR count). The second kappa shape index (κ2) is 8.53. The Labute approximate surface area is 157 Å². The predicted octanol–water partition coefficient (Wildman–Crippen LogP) is 3.69. The average Bonchev–Trinajstić information content (AvgIpc) is 2.60. The van der Waals surface area contributed by atoms with Crippen LogP contribution in [-0.4, -0.2) is 18.0 Å². The molecule has 2 amide bonds. The van der Waals surface area contributed by atoms with E-state index in [-0.39, 0.29) is 18.0 Å². The number of nitrogens with two attached hydrogens (primary N) is 1. The third-order valence-corrected chi connectivity index (χ3v) is 3.87. The molecule has 0 saturated heterocycles. The zero-order chi connectivity index (χ0) is 20.0. The summed E-state index contributed by atoms with van der Waals surface area (Å²) in [6, 6.07) is 12.0. The first kappa shape index (κ1) is 20.2. The first-order valence-electron chi connectivity index (χ1n) is 8.50. The van der Waals surface area contributed by atoms with Crippen LogP contribution in [0.25, 0.3) is 0 Å². The molecular weight excluding hydrogens is 349 g/mol. The molecular formula is C20H24FN3O3. The van der Waals surface area contributed by atoms with Gasteiger partial charge in [-0.15, -0.1) is 0 Å². The van der Waals surface area contributed by atoms with Crippen LogP contribution in [0.2, 0.25) is 0 Å². The molecule has 6 nitrogen and oxygen atoms in total. The van der Waals surface area contributed by atoms with Gasteiger partial charge in [0.1, 0.15) is 18.5 Å². The molecule has 2 aromatic carbocycles. The number of carbonyl (C=O) groups excluding carboxylic acids is 2. The predicted molar refractivity (Wildman–Crippen MR) is 102 cm³/mol. The smallest absolute Gasteiger partial charge is 0.408 e. The van der Waals surface area contributed by atoms with Gasteiger partial charge in [0.05, 0.1) is 11.4 Å². The van der Waals surface area contributed by atoms with Crippen molar-refractivity contribution in [2.75, 3.05) is 11.1 Å². The van der Waals surface area contributed by atoms with Crippen LogP contribution >= 0.6 is 0 Å². The van der Waals surface area contributed by atoms with Crippen LogP contribution in [0.1, 0.15) is 26.3 Å². The summed E-state index contributed by atoms with van der Waals surface area (Å²) in [5.41, 5.74) is 6.34. The Bertz CT molecular complexity index is 804. The van der Waals surface area contributed by atoms with E-state index >= 15 is 0 Å². The van der Waals surface area contributed by atoms with Crippen molar-refractivity contribution in [3.05, 3.63) is 59.9 Å². The number of rotatable bonds is 5. The molecule has 0 aromatic heterocycles. The summed E-state index contributed by atoms with van der Waals surface area (Å²) in [6.45, 7) is 5.52. The zero-order valence-corrected chi connectivity index (χ0v) is 15.6. The van der Waals surface area contributed by atoms with Crippen LogP contribution in [0.4, 0.5) is 20.6 Å². The molecule has 0 aliphatic rings. The lowest BCUT2D eigenvalue weighted by atomic mass is 9.86. The Morgan fingerprint density at radius 3 is 2.41 bits per heavy atom. The van der Waals surface area contributed by atoms with Gasteiger partial charge in [0, 0.05) is 0 Å². The highest BCUT2D eigenvalue weighted by atomic mass is 19.1. The lowest BCUT2D eigenvalue weighted by Crippen LogP contribution is -2.51. The van der Waals surface area contributed by atoms with E-state index in [0.29, 0.717) is 0 Å². The molecule has 0 radical (unpaired) electrons. The maximum Gasteiger partial charge on any atom is 0.408 e. The molecule has 27 heavy (non-hydrogen) atoms. The molecule has 2 aromatic rings. The summed E-state index contributed by atoms with van der Waals surface area (Å²) in [5.74, 6) is -0.974. The largest absolute Gasteiger partial charge is 0.445 e. The van der Waals surface area contributed by atoms with Gasteiger partial charge in [-0.1, -0.05) is 51.1 Å². The SMILES string of the molecule is CC(C)(C)[C@H](NC(=O)OCc1ccccc1)C(=O)Nc1ccc(F)cc1N. The Kier molecular flexibility index (Phi) is 6.39. The number of halogens is 1. The fraction of sp³-hybridized carbons (Fsp3) is 0.300. The van der Waals surface area contributed by atoms with Crippen molar-refractivity contribution in [2.24, 2.45) is 5.41 Å². The molecule has 0 spiro atoms. The quantitative estimate of drug-likeness (QED) is 0.697. The molecule has 0 fully saturated rings. The topological polar surface area (TPSA) is 93.4 Å². The highest BCUT2D eigenvalue weighted by Crippen LogP contribution is 2.24. The minimum Gasteiger partial charge on any atom is -0.445 e. The summed E-state index contributed by atoms with van der Waals surface area (Å²) < 4.78 is 18.4. The molecule has 1 atom stereocenters. The number of nitrogen functional groups attached to an aromatic ring is 1. The van der Waals surface area contributed by atoms with Crippen molar-refractivity contribution in [3.63, 3.8) is 0 Å². The minimum atomic E-state index is -0.884. The van der Waals surface area contributed by atoms with Gasteiger partial charge in [0.15, 0.2) is 0 Å². The lowest BCUT2D eigenvalue weighted by Gasteiger charge is -2.30. The Hall–Kier alpha value is -3.09. The van der Waals surface area contributed by atoms with Crippen molar-refractivity contribution in [2.45, 2.75) is 33.4 Å². The van der Waals surface area contributed by atoms with Gasteiger partial charge in [-0.05, 0) is 29.2 Å². The van der Waals surface area contributed by atoms with Crippen LogP contribution in [0, 0.1) is 11.2 Å². The third kappa shape index (κ3) is 5.99. The van der Waals surface area contributed by atoms with E-state index in [1.165, 1.54) is 12.1 Å². The second-order valence-corrected chi connectivity index (χ2v) is 7.23. The van der Waals surface area contributed by atoms with Crippen molar-refractivity contribution in [1.82, 2.24) is 5.32 Å². The highest BCUT2D eigenvalue weighted by Gasteiger charge is 2.33. The van der Waals surface area contributed by atoms with Crippen LogP contribution in [0.3, 0.4) is 0 Å². The molecule has 0 aliphatic carbocycles. The standard InChI is InChI=1S/C20H24FN3O3/c1-20(2,3)17(18(25)23-16-10-9-14(21)11-15(16)22)24-19(26)27-12-13-7-5-4-6-8-13/h4-11,17H,12,22H2,1-3H3,(H,23,25)(H,24,26)/t17-/m1/s1. The van der Waals surface area contributed by atoms with Gasteiger partial charge in [-0.25, -0.2) is 9.18 Å². The van der Waals surface area contributed by atoms with E-state index in [1.54, 1.807) is 0 Å². The first-order chi connectivity index (χ1) is 12.7. The number of hydrogen-bond donors (Lipinski definition) is 3. The minimum absolute atomic E-state index is 0.0933. The molecule has 7 heteroatoms. The second-order valence-electron chi connectivity index (χ2n) is 7.23. The molecule has 4 N–H and O–H groups in total. The maximum absolute atomic E-state index is 13.2. The van der Waals surface area contributed by atoms with E-state index in [4.69, 9.17) is 10.5 Å². The van der Waals surface area contributed by atoms with Crippen molar-refractivity contribution >= 4 is 23.4 Å². The van der Waals surface area contributed by atoms with Gasteiger partial charge < -0.3 is 21.1 Å². The van der Waals surface area contributed by atoms with E-state index in [2.05, 4.69) is 10.6 Å². The molecule has 0 saturated carbocycles. The molecule has 0 bridgehead atoms. The number of benzene rings is 2. The number of ether oxygens (including phenoxy) is 1. The first-order valence-corrected chi connectivity index (χ1v) is 8.50. The number of alkyl carbamates (subject to hydrolysis) is 1. The monoisotopic (exact) mass is 373 g/mol. The third-order valence-electron chi connectivity index (χ3n) is 3.87. The maximum atomic E-state index is 13.2. The van der Waals surface area contributed by atoms with Gasteiger partial charge >= 0.3 is 6.09 Å². The fourth-order valence-electron chi connectivity index (χ4n) is 2.41. The summed E-state index contributed by atoms with van der Waals surface area (Å²) in [6.07, 6.45) is -0.707. The summed E-state index contributed by atoms with van der Waals surface area (Å²) >= 11 is 0. The molecule has 144 valence electrons. The number of amides is 2. The number of carbonyl (C=O) groups is 2. The van der Waals surface area contributed by atoms with Crippen LogP contribution in [-0.2, 0) is 16.1 Å². The zero-order valence-electron chi connectivity index (χ0n) is 15.6. The molecule has 0 aliphatic heterocycles. The van der Waals surface area contributed by atoms with Crippen molar-refractivity contribution < 1.29 is 18.7 Å². The van der Waals surface area contributed by atoms with Gasteiger partial charge in [0.25, 0.3) is 0 Å². The van der Waals surface area contributed by atoms with E-state index in [0.717, 1.165) is 11.6 Å². The van der Waals surface area contributed by atoms with Crippen molar-refractivity contribution in [3.8, 4) is 0 Å². The van der Waals surface area contributed by atoms with Gasteiger partial charge in [-0.3, -0.25) is 4.79 Å². The normalized spacial score (nSPS) is 12.1. The van der Waals surface area contributed by atoms with Crippen LogP contribution in [0.5, 0.6) is 0 Å². The van der Waals surface area contributed by atoms with E-state index in [9.17, 15) is 14.0 Å². The highest BCUT2D eigenvalue weighted by molar-refractivity contribution is 5.99. The fourth-order valence-corrected chi connectivity index (χ4v) is 2.41. The van der Waals surface area contributed by atoms with Gasteiger partial charge in [-0.2, -0.15) is 0 Å². The van der Waals surface area contributed by atoms with Crippen LogP contribution in [0.15, 0.2) is 48.5 Å². The lowest BCUT2D eigenvalue weighted by molar-refractivity contribution is -0.120. The number of nitrogens with one attached hydrogen (secondary N) is 2. The van der Waals surface area contributed by atoms with E-state index in [1.807, 2.05) is 51.1 Å². The summed E-state index contributed by atoms with van der Waals surface area (Å²) in [7, 11) is 0. The summed E-state index contributed by atoms with van der Waals surface area (Å²) in [5, 5.41) is 5.21. The number of anilines is 2. The van der Waals surface area contributed by atoms with Crippen LogP contribution < -0.4 is 16.4 Å². The van der Waals surface area contributed by atoms with Crippen molar-refractivity contribution in [1.29, 1.82) is 0 Å². The molecule has 0 heterocycles. The Morgan fingerprint density at radius 2 is 1.81 bits per heavy atom. The number of hydrogen-bond acceptors (Lipinski definition) is 4. The Balaban J connectivity index is 2.03. The average molecular weight is 373 g/mol. The Morgan fingerprint density at radius 1 is 1.15 bits per heavy atom. The molecule has 0 unspecified atom stereocenters. The van der Waals surface area contributed by atoms with Gasteiger partial charge in [0.2, 0.25) is 5.91 Å². The van der Waals surface area contributed by atoms with E-state index < -0.39 is 29.3 Å². The summed E-state index contributed by atoms with van der Waals surface area (Å²) in [4.78, 5) is 24.8.